The van der Waals surface area contributed by atoms with Crippen LogP contribution in [0.3, 0.4) is 0 Å². The maximum Gasteiger partial charge on any atom is 0.127 e. The Labute approximate surface area is 114 Å². The number of hydrogen-bond donors (Lipinski definition) is 0. The minimum atomic E-state index is -0.867. The monoisotopic (exact) mass is 285 g/mol. The second-order valence-electron chi connectivity index (χ2n) is 4.37. The Morgan fingerprint density at radius 1 is 1.50 bits per heavy atom. The molecule has 0 aliphatic rings. The number of fused-ring (bicyclic) bond motifs is 1. The van der Waals surface area contributed by atoms with Crippen LogP contribution in [0.4, 0.5) is 0 Å². The van der Waals surface area contributed by atoms with Crippen LogP contribution in [0.15, 0.2) is 18.5 Å². The summed E-state index contributed by atoms with van der Waals surface area (Å²) in [6.45, 7) is 4.50. The third kappa shape index (κ3) is 2.57. The van der Waals surface area contributed by atoms with Crippen LogP contribution in [0.5, 0.6) is 0 Å². The maximum atomic E-state index is 11.5. The standard InChI is InChI=1S/C12H16ClN3OS/c1-8(18(3)17)7-16-11-4-5-14-6-10(11)15-12(16)9(2)13/h4-6,8-9H,7H2,1-3H3. The van der Waals surface area contributed by atoms with Gasteiger partial charge in [0.2, 0.25) is 0 Å². The number of alkyl halides is 1. The summed E-state index contributed by atoms with van der Waals surface area (Å²) in [4.78, 5) is 8.56. The van der Waals surface area contributed by atoms with E-state index in [1.807, 2.05) is 24.5 Å². The molecule has 0 radical (unpaired) electrons. The van der Waals surface area contributed by atoms with Crippen LogP contribution in [0.25, 0.3) is 11.0 Å². The average molecular weight is 286 g/mol. The third-order valence-corrected chi connectivity index (χ3v) is 4.42. The fourth-order valence-electron chi connectivity index (χ4n) is 1.86. The van der Waals surface area contributed by atoms with Crippen molar-refractivity contribution in [3.05, 3.63) is 24.3 Å². The molecule has 0 saturated heterocycles. The van der Waals surface area contributed by atoms with Crippen molar-refractivity contribution < 1.29 is 4.21 Å². The van der Waals surface area contributed by atoms with Gasteiger partial charge in [0.25, 0.3) is 0 Å². The lowest BCUT2D eigenvalue weighted by molar-refractivity contribution is 0.632. The molecular weight excluding hydrogens is 270 g/mol. The Balaban J connectivity index is 2.51. The topological polar surface area (TPSA) is 47.8 Å². The van der Waals surface area contributed by atoms with Crippen LogP contribution >= 0.6 is 11.6 Å². The minimum Gasteiger partial charge on any atom is -0.325 e. The summed E-state index contributed by atoms with van der Waals surface area (Å²) in [5.74, 6) is 0.803. The van der Waals surface area contributed by atoms with Crippen molar-refractivity contribution in [3.63, 3.8) is 0 Å². The molecule has 0 saturated carbocycles. The molecular formula is C12H16ClN3OS. The van der Waals surface area contributed by atoms with Crippen molar-refractivity contribution in [1.82, 2.24) is 14.5 Å². The molecule has 0 aliphatic carbocycles. The van der Waals surface area contributed by atoms with Crippen molar-refractivity contribution >= 4 is 33.4 Å². The van der Waals surface area contributed by atoms with Crippen LogP contribution in [-0.4, -0.2) is 30.2 Å². The highest BCUT2D eigenvalue weighted by Crippen LogP contribution is 2.24. The van der Waals surface area contributed by atoms with Gasteiger partial charge in [-0.1, -0.05) is 0 Å². The molecule has 0 bridgehead atoms. The number of hydrogen-bond acceptors (Lipinski definition) is 3. The average Bonchev–Trinajstić information content (AvgIpc) is 2.68. The lowest BCUT2D eigenvalue weighted by atomic mass is 10.3. The highest BCUT2D eigenvalue weighted by Gasteiger charge is 2.17. The third-order valence-electron chi connectivity index (χ3n) is 2.94. The predicted molar refractivity (Wildman–Crippen MR) is 75.3 cm³/mol. The van der Waals surface area contributed by atoms with Crippen LogP contribution < -0.4 is 0 Å². The van der Waals surface area contributed by atoms with Gasteiger partial charge < -0.3 is 4.57 Å². The first-order valence-corrected chi connectivity index (χ1v) is 7.83. The quantitative estimate of drug-likeness (QED) is 0.811. The van der Waals surface area contributed by atoms with E-state index in [-0.39, 0.29) is 10.6 Å². The van der Waals surface area contributed by atoms with E-state index >= 15 is 0 Å². The van der Waals surface area contributed by atoms with Gasteiger partial charge in [0.1, 0.15) is 11.3 Å². The lowest BCUT2D eigenvalue weighted by Crippen LogP contribution is -2.19. The van der Waals surface area contributed by atoms with Crippen LogP contribution in [0, 0.1) is 0 Å². The molecule has 6 heteroatoms. The molecule has 0 N–H and O–H groups in total. The first-order valence-electron chi connectivity index (χ1n) is 5.77. The van der Waals surface area contributed by atoms with E-state index in [4.69, 9.17) is 11.6 Å². The molecule has 4 nitrogen and oxygen atoms in total. The number of aromatic nitrogens is 3. The zero-order valence-electron chi connectivity index (χ0n) is 10.6. The fourth-order valence-corrected chi connectivity index (χ4v) is 2.38. The van der Waals surface area contributed by atoms with Crippen molar-refractivity contribution in [3.8, 4) is 0 Å². The molecule has 2 aromatic rings. The van der Waals surface area contributed by atoms with Crippen molar-refractivity contribution in [2.45, 2.75) is 31.0 Å². The van der Waals surface area contributed by atoms with Gasteiger partial charge in [-0.2, -0.15) is 0 Å². The lowest BCUT2D eigenvalue weighted by Gasteiger charge is -2.14. The summed E-state index contributed by atoms with van der Waals surface area (Å²) >= 11 is 6.16. The first-order chi connectivity index (χ1) is 8.50. The highest BCUT2D eigenvalue weighted by molar-refractivity contribution is 7.84. The van der Waals surface area contributed by atoms with E-state index in [1.165, 1.54) is 0 Å². The summed E-state index contributed by atoms with van der Waals surface area (Å²) < 4.78 is 13.6. The summed E-state index contributed by atoms with van der Waals surface area (Å²) in [7, 11) is -0.867. The smallest absolute Gasteiger partial charge is 0.127 e. The van der Waals surface area contributed by atoms with Gasteiger partial charge in [0.15, 0.2) is 0 Å². The second-order valence-corrected chi connectivity index (χ2v) is 6.83. The molecule has 0 spiro atoms. The van der Waals surface area contributed by atoms with E-state index < -0.39 is 10.8 Å². The Morgan fingerprint density at radius 3 is 2.83 bits per heavy atom. The summed E-state index contributed by atoms with van der Waals surface area (Å²) in [5.41, 5.74) is 1.82. The number of nitrogens with zero attached hydrogens (tertiary/aromatic N) is 3. The highest BCUT2D eigenvalue weighted by atomic mass is 35.5. The van der Waals surface area contributed by atoms with Crippen LogP contribution in [-0.2, 0) is 17.3 Å². The van der Waals surface area contributed by atoms with Crippen LogP contribution in [0.2, 0.25) is 0 Å². The van der Waals surface area contributed by atoms with E-state index in [9.17, 15) is 4.21 Å². The van der Waals surface area contributed by atoms with Crippen molar-refractivity contribution in [2.24, 2.45) is 0 Å². The van der Waals surface area contributed by atoms with Gasteiger partial charge in [-0.15, -0.1) is 11.6 Å². The minimum absolute atomic E-state index is 0.0599. The van der Waals surface area contributed by atoms with Crippen molar-refractivity contribution in [1.29, 1.82) is 0 Å². The van der Waals surface area contributed by atoms with E-state index in [0.717, 1.165) is 16.9 Å². The van der Waals surface area contributed by atoms with E-state index in [2.05, 4.69) is 9.97 Å². The molecule has 0 fully saturated rings. The molecule has 0 aromatic carbocycles. The number of rotatable bonds is 4. The Hall–Kier alpha value is -0.940. The maximum absolute atomic E-state index is 11.5. The molecule has 98 valence electrons. The van der Waals surface area contributed by atoms with Gasteiger partial charge in [0, 0.05) is 35.0 Å². The molecule has 0 aliphatic heterocycles. The largest absolute Gasteiger partial charge is 0.325 e. The zero-order valence-corrected chi connectivity index (χ0v) is 12.2. The molecule has 0 amide bonds. The molecule has 2 rings (SSSR count). The molecule has 3 atom stereocenters. The van der Waals surface area contributed by atoms with Gasteiger partial charge in [-0.25, -0.2) is 4.98 Å². The Morgan fingerprint density at radius 2 is 2.22 bits per heavy atom. The predicted octanol–water partition coefficient (Wildman–Crippen LogP) is 2.50. The van der Waals surface area contributed by atoms with Crippen LogP contribution in [0.1, 0.15) is 25.0 Å². The van der Waals surface area contributed by atoms with Gasteiger partial charge in [0.05, 0.1) is 17.1 Å². The van der Waals surface area contributed by atoms with Gasteiger partial charge >= 0.3 is 0 Å². The Bertz CT molecular complexity index is 582. The van der Waals surface area contributed by atoms with Crippen molar-refractivity contribution in [2.75, 3.05) is 6.26 Å². The Kier molecular flexibility index (Phi) is 4.02. The van der Waals surface area contributed by atoms with Gasteiger partial charge in [-0.3, -0.25) is 9.19 Å². The fraction of sp³-hybridized carbons (Fsp3) is 0.500. The summed E-state index contributed by atoms with van der Waals surface area (Å²) in [6.07, 6.45) is 5.17. The molecule has 3 unspecified atom stereocenters. The number of halogens is 1. The summed E-state index contributed by atoms with van der Waals surface area (Å²) in [5, 5.41) is -0.125. The summed E-state index contributed by atoms with van der Waals surface area (Å²) in [6, 6.07) is 1.91. The molecule has 2 heterocycles. The van der Waals surface area contributed by atoms with Gasteiger partial charge in [-0.05, 0) is 19.9 Å². The second kappa shape index (κ2) is 5.36. The van der Waals surface area contributed by atoms with E-state index in [0.29, 0.717) is 6.54 Å². The molecule has 2 aromatic heterocycles. The molecule has 18 heavy (non-hydrogen) atoms. The number of pyridine rings is 1. The van der Waals surface area contributed by atoms with E-state index in [1.54, 1.807) is 18.6 Å². The number of imidazole rings is 1. The zero-order chi connectivity index (χ0) is 13.3. The normalized spacial score (nSPS) is 16.7. The first kappa shape index (κ1) is 13.5. The SMILES string of the molecule is CC(Cl)c1nc2cnccc2n1CC(C)S(C)=O.